The van der Waals surface area contributed by atoms with Crippen LogP contribution in [0, 0.1) is 12.8 Å². The number of aromatic amines is 1. The average Bonchev–Trinajstić information content (AvgIpc) is 3.22. The third kappa shape index (κ3) is 3.64. The van der Waals surface area contributed by atoms with Gasteiger partial charge in [0.25, 0.3) is 5.91 Å². The molecule has 0 bridgehead atoms. The summed E-state index contributed by atoms with van der Waals surface area (Å²) in [6.07, 6.45) is 3.21. The molecule has 3 rings (SSSR count). The van der Waals surface area contributed by atoms with Crippen molar-refractivity contribution in [2.75, 3.05) is 13.2 Å². The molecule has 1 amide bonds. The highest BCUT2D eigenvalue weighted by Gasteiger charge is 2.32. The maximum absolute atomic E-state index is 12.5. The summed E-state index contributed by atoms with van der Waals surface area (Å²) >= 11 is 0. The Hall–Kier alpha value is -2.22. The van der Waals surface area contributed by atoms with Gasteiger partial charge < -0.3 is 19.6 Å². The van der Waals surface area contributed by atoms with Crippen molar-refractivity contribution in [3.05, 3.63) is 29.4 Å². The summed E-state index contributed by atoms with van der Waals surface area (Å²) in [4.78, 5) is 24.0. The van der Waals surface area contributed by atoms with Crippen LogP contribution < -0.4 is 5.32 Å². The SMILES string of the molecule is Cc1ncc(C(=O)N[C@@H](c2nc(C(C)C)no2)C2CCOCC2)[nH]1. The highest BCUT2D eigenvalue weighted by molar-refractivity contribution is 5.92. The maximum Gasteiger partial charge on any atom is 0.270 e. The molecule has 2 aromatic heterocycles. The van der Waals surface area contributed by atoms with Crippen LogP contribution >= 0.6 is 0 Å². The summed E-state index contributed by atoms with van der Waals surface area (Å²) in [5, 5.41) is 7.05. The van der Waals surface area contributed by atoms with Crippen LogP contribution in [-0.2, 0) is 4.74 Å². The molecule has 2 aromatic rings. The van der Waals surface area contributed by atoms with Gasteiger partial charge in [-0.05, 0) is 25.7 Å². The van der Waals surface area contributed by atoms with Gasteiger partial charge in [-0.25, -0.2) is 4.98 Å². The number of ether oxygens (including phenoxy) is 1. The van der Waals surface area contributed by atoms with E-state index in [0.717, 1.165) is 12.8 Å². The number of hydrogen-bond acceptors (Lipinski definition) is 6. The van der Waals surface area contributed by atoms with Crippen molar-refractivity contribution in [2.45, 2.75) is 45.6 Å². The average molecular weight is 333 g/mol. The van der Waals surface area contributed by atoms with Crippen molar-refractivity contribution in [3.63, 3.8) is 0 Å². The van der Waals surface area contributed by atoms with E-state index in [-0.39, 0.29) is 23.8 Å². The molecule has 1 aliphatic heterocycles. The van der Waals surface area contributed by atoms with Gasteiger partial charge in [-0.1, -0.05) is 19.0 Å². The molecular weight excluding hydrogens is 310 g/mol. The molecule has 24 heavy (non-hydrogen) atoms. The lowest BCUT2D eigenvalue weighted by Gasteiger charge is -2.28. The zero-order chi connectivity index (χ0) is 17.1. The minimum atomic E-state index is -0.329. The third-order valence-corrected chi connectivity index (χ3v) is 4.21. The van der Waals surface area contributed by atoms with E-state index in [2.05, 4.69) is 25.4 Å². The quantitative estimate of drug-likeness (QED) is 0.868. The molecule has 8 heteroatoms. The number of carbonyl (C=O) groups excluding carboxylic acids is 1. The van der Waals surface area contributed by atoms with E-state index in [4.69, 9.17) is 9.26 Å². The zero-order valence-electron chi connectivity index (χ0n) is 14.2. The zero-order valence-corrected chi connectivity index (χ0v) is 14.2. The number of amides is 1. The molecule has 2 N–H and O–H groups in total. The largest absolute Gasteiger partial charge is 0.381 e. The number of rotatable bonds is 5. The molecule has 0 spiro atoms. The predicted molar refractivity (Wildman–Crippen MR) is 85.5 cm³/mol. The lowest BCUT2D eigenvalue weighted by atomic mass is 9.91. The molecule has 0 aromatic carbocycles. The second kappa shape index (κ2) is 7.12. The fourth-order valence-corrected chi connectivity index (χ4v) is 2.79. The van der Waals surface area contributed by atoms with Crippen LogP contribution in [-0.4, -0.2) is 39.2 Å². The van der Waals surface area contributed by atoms with E-state index in [1.807, 2.05) is 13.8 Å². The number of imidazole rings is 1. The van der Waals surface area contributed by atoms with E-state index >= 15 is 0 Å². The molecule has 3 heterocycles. The van der Waals surface area contributed by atoms with Crippen molar-refractivity contribution >= 4 is 5.91 Å². The highest BCUT2D eigenvalue weighted by atomic mass is 16.5. The minimum Gasteiger partial charge on any atom is -0.381 e. The third-order valence-electron chi connectivity index (χ3n) is 4.21. The molecular formula is C16H23N5O3. The van der Waals surface area contributed by atoms with Crippen molar-refractivity contribution in [2.24, 2.45) is 5.92 Å². The Labute approximate surface area is 140 Å². The molecule has 130 valence electrons. The predicted octanol–water partition coefficient (Wildman–Crippen LogP) is 2.12. The Bertz CT molecular complexity index is 687. The number of hydrogen-bond donors (Lipinski definition) is 2. The monoisotopic (exact) mass is 333 g/mol. The molecule has 1 fully saturated rings. The van der Waals surface area contributed by atoms with Gasteiger partial charge in [0, 0.05) is 19.1 Å². The van der Waals surface area contributed by atoms with Gasteiger partial charge in [0.1, 0.15) is 17.6 Å². The molecule has 0 saturated carbocycles. The first-order valence-corrected chi connectivity index (χ1v) is 8.28. The number of aryl methyl sites for hydroxylation is 1. The van der Waals surface area contributed by atoms with Gasteiger partial charge in [-0.15, -0.1) is 0 Å². The second-order valence-corrected chi connectivity index (χ2v) is 6.43. The smallest absolute Gasteiger partial charge is 0.270 e. The van der Waals surface area contributed by atoms with Gasteiger partial charge in [-0.3, -0.25) is 4.79 Å². The van der Waals surface area contributed by atoms with Gasteiger partial charge in [-0.2, -0.15) is 4.98 Å². The number of nitrogens with one attached hydrogen (secondary N) is 2. The van der Waals surface area contributed by atoms with Crippen LogP contribution in [0.15, 0.2) is 10.7 Å². The standard InChI is InChI=1S/C16H23N5O3/c1-9(2)14-20-16(24-21-14)13(11-4-6-23-7-5-11)19-15(22)12-8-17-10(3)18-12/h8-9,11,13H,4-7H2,1-3H3,(H,17,18)(H,19,22)/t13-/m1/s1. The Morgan fingerprint density at radius 2 is 2.12 bits per heavy atom. The maximum atomic E-state index is 12.5. The van der Waals surface area contributed by atoms with Crippen molar-refractivity contribution in [3.8, 4) is 0 Å². The fraction of sp³-hybridized carbons (Fsp3) is 0.625. The number of carbonyl (C=O) groups is 1. The van der Waals surface area contributed by atoms with Crippen LogP contribution in [0.3, 0.4) is 0 Å². The van der Waals surface area contributed by atoms with E-state index in [0.29, 0.717) is 36.4 Å². The van der Waals surface area contributed by atoms with Crippen LogP contribution in [0.1, 0.15) is 66.7 Å². The number of H-pyrrole nitrogens is 1. The lowest BCUT2D eigenvalue weighted by molar-refractivity contribution is 0.0467. The summed E-state index contributed by atoms with van der Waals surface area (Å²) in [5.41, 5.74) is 0.424. The first kappa shape index (κ1) is 16.6. The van der Waals surface area contributed by atoms with Gasteiger partial charge >= 0.3 is 0 Å². The Kier molecular flexibility index (Phi) is 4.94. The first-order chi connectivity index (χ1) is 11.5. The molecule has 1 aliphatic rings. The normalized spacial score (nSPS) is 17.2. The molecule has 1 atom stereocenters. The van der Waals surface area contributed by atoms with Crippen LogP contribution in [0.4, 0.5) is 0 Å². The summed E-state index contributed by atoms with van der Waals surface area (Å²) < 4.78 is 10.9. The first-order valence-electron chi connectivity index (χ1n) is 8.28. The molecule has 0 aliphatic carbocycles. The molecule has 0 unspecified atom stereocenters. The van der Waals surface area contributed by atoms with E-state index in [1.54, 1.807) is 6.92 Å². The molecule has 0 radical (unpaired) electrons. The van der Waals surface area contributed by atoms with E-state index in [9.17, 15) is 4.79 Å². The van der Waals surface area contributed by atoms with Crippen LogP contribution in [0.2, 0.25) is 0 Å². The van der Waals surface area contributed by atoms with Gasteiger partial charge in [0.15, 0.2) is 5.82 Å². The number of nitrogens with zero attached hydrogens (tertiary/aromatic N) is 3. The van der Waals surface area contributed by atoms with E-state index in [1.165, 1.54) is 6.20 Å². The summed E-state index contributed by atoms with van der Waals surface area (Å²) in [7, 11) is 0. The second-order valence-electron chi connectivity index (χ2n) is 6.43. The lowest BCUT2D eigenvalue weighted by Crippen LogP contribution is -2.36. The topological polar surface area (TPSA) is 106 Å². The minimum absolute atomic E-state index is 0.170. The summed E-state index contributed by atoms with van der Waals surface area (Å²) in [6, 6.07) is -0.329. The summed E-state index contributed by atoms with van der Waals surface area (Å²) in [5.74, 6) is 1.94. The summed E-state index contributed by atoms with van der Waals surface area (Å²) in [6.45, 7) is 7.16. The Balaban J connectivity index is 1.82. The van der Waals surface area contributed by atoms with Crippen LogP contribution in [0.5, 0.6) is 0 Å². The van der Waals surface area contributed by atoms with Gasteiger partial charge in [0.2, 0.25) is 5.89 Å². The fourth-order valence-electron chi connectivity index (χ4n) is 2.79. The van der Waals surface area contributed by atoms with Crippen molar-refractivity contribution < 1.29 is 14.1 Å². The molecule has 8 nitrogen and oxygen atoms in total. The van der Waals surface area contributed by atoms with Crippen molar-refractivity contribution in [1.29, 1.82) is 0 Å². The van der Waals surface area contributed by atoms with Crippen LogP contribution in [0.25, 0.3) is 0 Å². The Morgan fingerprint density at radius 3 is 2.71 bits per heavy atom. The Morgan fingerprint density at radius 1 is 1.38 bits per heavy atom. The molecule has 1 saturated heterocycles. The number of aromatic nitrogens is 4. The van der Waals surface area contributed by atoms with E-state index < -0.39 is 0 Å². The van der Waals surface area contributed by atoms with Gasteiger partial charge in [0.05, 0.1) is 6.20 Å². The highest BCUT2D eigenvalue weighted by Crippen LogP contribution is 2.30. The van der Waals surface area contributed by atoms with Crippen molar-refractivity contribution in [1.82, 2.24) is 25.4 Å².